The molecule has 2 aromatic carbocycles. The molecule has 2 heterocycles. The molecule has 7 nitrogen and oxygen atoms in total. The van der Waals surface area contributed by atoms with E-state index in [1.54, 1.807) is 0 Å². The zero-order valence-electron chi connectivity index (χ0n) is 21.7. The number of aryl methyl sites for hydroxylation is 2. The average Bonchev–Trinajstić information content (AvgIpc) is 3.32. The van der Waals surface area contributed by atoms with Crippen LogP contribution in [0.1, 0.15) is 74.7 Å². The van der Waals surface area contributed by atoms with Crippen LogP contribution in [-0.4, -0.2) is 30.1 Å². The van der Waals surface area contributed by atoms with Crippen molar-refractivity contribution in [2.45, 2.75) is 79.1 Å². The molecule has 0 radical (unpaired) electrons. The van der Waals surface area contributed by atoms with E-state index in [1.807, 2.05) is 23.7 Å². The standard InChI is InChI=1S/C28H36N6O/c1-7-25(26-30-31-32-34(26)28(5,6)8-2)33(17-21-12-9-19(3)10-13-21)18-23-16-22-14-11-20(4)15-24(22)29-27(23)35/h9-16,25H,7-8,17-18H2,1-6H3,(H,29,35). The van der Waals surface area contributed by atoms with Crippen LogP contribution in [0.3, 0.4) is 0 Å². The van der Waals surface area contributed by atoms with Gasteiger partial charge in [0.2, 0.25) is 0 Å². The summed E-state index contributed by atoms with van der Waals surface area (Å²) in [6, 6.07) is 16.7. The largest absolute Gasteiger partial charge is 0.322 e. The molecule has 1 N–H and O–H groups in total. The summed E-state index contributed by atoms with van der Waals surface area (Å²) in [5.74, 6) is 0.833. The molecule has 0 aliphatic heterocycles. The number of rotatable bonds is 9. The van der Waals surface area contributed by atoms with E-state index < -0.39 is 0 Å². The van der Waals surface area contributed by atoms with Crippen molar-refractivity contribution < 1.29 is 0 Å². The fraction of sp³-hybridized carbons (Fsp3) is 0.429. The SMILES string of the molecule is CCC(c1nnnn1C(C)(C)CC)N(Cc1ccc(C)cc1)Cc1cc2ccc(C)cc2[nH]c1=O. The maximum absolute atomic E-state index is 13.1. The third-order valence-electron chi connectivity index (χ3n) is 7.02. The molecule has 7 heteroatoms. The Morgan fingerprint density at radius 1 is 1.00 bits per heavy atom. The van der Waals surface area contributed by atoms with E-state index in [0.29, 0.717) is 13.1 Å². The number of nitrogens with zero attached hydrogens (tertiary/aromatic N) is 5. The molecule has 35 heavy (non-hydrogen) atoms. The number of H-pyrrole nitrogens is 1. The lowest BCUT2D eigenvalue weighted by atomic mass is 10.0. The summed E-state index contributed by atoms with van der Waals surface area (Å²) < 4.78 is 1.96. The van der Waals surface area contributed by atoms with E-state index in [9.17, 15) is 4.79 Å². The van der Waals surface area contributed by atoms with Gasteiger partial charge in [-0.05, 0) is 79.6 Å². The van der Waals surface area contributed by atoms with Crippen LogP contribution in [0.2, 0.25) is 0 Å². The van der Waals surface area contributed by atoms with Crippen LogP contribution >= 0.6 is 0 Å². The number of tetrazole rings is 1. The molecule has 2 aromatic heterocycles. The summed E-state index contributed by atoms with van der Waals surface area (Å²) in [7, 11) is 0. The summed E-state index contributed by atoms with van der Waals surface area (Å²) in [6.07, 6.45) is 1.72. The van der Waals surface area contributed by atoms with Crippen LogP contribution in [0.25, 0.3) is 10.9 Å². The fourth-order valence-electron chi connectivity index (χ4n) is 4.49. The van der Waals surface area contributed by atoms with E-state index in [0.717, 1.165) is 40.7 Å². The quantitative estimate of drug-likeness (QED) is 0.351. The minimum Gasteiger partial charge on any atom is -0.322 e. The molecule has 184 valence electrons. The van der Waals surface area contributed by atoms with Crippen LogP contribution in [0.4, 0.5) is 0 Å². The second kappa shape index (κ2) is 10.1. The van der Waals surface area contributed by atoms with Crippen molar-refractivity contribution in [3.8, 4) is 0 Å². The Hall–Kier alpha value is -3.32. The Bertz CT molecular complexity index is 1350. The van der Waals surface area contributed by atoms with Crippen molar-refractivity contribution >= 4 is 10.9 Å². The van der Waals surface area contributed by atoms with Crippen molar-refractivity contribution in [3.05, 3.63) is 87.0 Å². The highest BCUT2D eigenvalue weighted by Crippen LogP contribution is 2.30. The Kier molecular flexibility index (Phi) is 7.17. The number of fused-ring (bicyclic) bond motifs is 1. The first-order valence-corrected chi connectivity index (χ1v) is 12.4. The summed E-state index contributed by atoms with van der Waals surface area (Å²) >= 11 is 0. The number of hydrogen-bond donors (Lipinski definition) is 1. The van der Waals surface area contributed by atoms with Crippen molar-refractivity contribution in [1.82, 2.24) is 30.1 Å². The first-order chi connectivity index (χ1) is 16.7. The monoisotopic (exact) mass is 472 g/mol. The smallest absolute Gasteiger partial charge is 0.252 e. The molecule has 0 aliphatic carbocycles. The molecule has 0 fully saturated rings. The Labute approximate surface area is 207 Å². The first kappa shape index (κ1) is 24.8. The van der Waals surface area contributed by atoms with Crippen LogP contribution in [0, 0.1) is 13.8 Å². The van der Waals surface area contributed by atoms with Crippen LogP contribution in [0.5, 0.6) is 0 Å². The molecule has 1 unspecified atom stereocenters. The van der Waals surface area contributed by atoms with Crippen LogP contribution in [-0.2, 0) is 18.6 Å². The van der Waals surface area contributed by atoms with Crippen molar-refractivity contribution in [3.63, 3.8) is 0 Å². The number of benzene rings is 2. The van der Waals surface area contributed by atoms with Crippen molar-refractivity contribution in [1.29, 1.82) is 0 Å². The second-order valence-electron chi connectivity index (χ2n) is 10.1. The number of aromatic amines is 1. The Morgan fingerprint density at radius 2 is 1.71 bits per heavy atom. The zero-order valence-corrected chi connectivity index (χ0v) is 21.7. The summed E-state index contributed by atoms with van der Waals surface area (Å²) in [6.45, 7) is 13.9. The van der Waals surface area contributed by atoms with E-state index >= 15 is 0 Å². The zero-order chi connectivity index (χ0) is 25.2. The van der Waals surface area contributed by atoms with Gasteiger partial charge in [0, 0.05) is 24.2 Å². The number of pyridine rings is 1. The van der Waals surface area contributed by atoms with Gasteiger partial charge in [-0.25, -0.2) is 4.68 Å². The topological polar surface area (TPSA) is 79.7 Å². The minimum absolute atomic E-state index is 0.0507. The molecule has 0 amide bonds. The highest BCUT2D eigenvalue weighted by Gasteiger charge is 2.31. The number of nitrogens with one attached hydrogen (secondary N) is 1. The molecule has 0 bridgehead atoms. The Balaban J connectivity index is 1.77. The lowest BCUT2D eigenvalue weighted by Gasteiger charge is -2.33. The van der Waals surface area contributed by atoms with Gasteiger partial charge in [0.15, 0.2) is 5.82 Å². The van der Waals surface area contributed by atoms with Gasteiger partial charge in [-0.1, -0.05) is 55.8 Å². The average molecular weight is 473 g/mol. The molecule has 0 saturated heterocycles. The van der Waals surface area contributed by atoms with Crippen LogP contribution < -0.4 is 5.56 Å². The predicted octanol–water partition coefficient (Wildman–Crippen LogP) is 5.43. The van der Waals surface area contributed by atoms with E-state index in [2.05, 4.69) is 96.4 Å². The fourth-order valence-corrected chi connectivity index (χ4v) is 4.49. The summed E-state index contributed by atoms with van der Waals surface area (Å²) in [4.78, 5) is 18.5. The Morgan fingerprint density at radius 3 is 2.40 bits per heavy atom. The lowest BCUT2D eigenvalue weighted by molar-refractivity contribution is 0.150. The van der Waals surface area contributed by atoms with E-state index in [1.165, 1.54) is 11.1 Å². The second-order valence-corrected chi connectivity index (χ2v) is 10.1. The van der Waals surface area contributed by atoms with Gasteiger partial charge < -0.3 is 4.98 Å². The van der Waals surface area contributed by atoms with E-state index in [-0.39, 0.29) is 17.1 Å². The van der Waals surface area contributed by atoms with E-state index in [4.69, 9.17) is 0 Å². The summed E-state index contributed by atoms with van der Waals surface area (Å²) in [5, 5.41) is 13.9. The molecule has 1 atom stereocenters. The van der Waals surface area contributed by atoms with Gasteiger partial charge in [0.25, 0.3) is 5.56 Å². The molecule has 4 rings (SSSR count). The van der Waals surface area contributed by atoms with Gasteiger partial charge in [-0.2, -0.15) is 0 Å². The van der Waals surface area contributed by atoms with Gasteiger partial charge in [-0.15, -0.1) is 5.10 Å². The third-order valence-corrected chi connectivity index (χ3v) is 7.02. The van der Waals surface area contributed by atoms with Gasteiger partial charge in [0.05, 0.1) is 11.6 Å². The maximum Gasteiger partial charge on any atom is 0.252 e. The molecule has 0 aliphatic rings. The van der Waals surface area contributed by atoms with Gasteiger partial charge in [-0.3, -0.25) is 9.69 Å². The lowest BCUT2D eigenvalue weighted by Crippen LogP contribution is -2.36. The molecule has 4 aromatic rings. The van der Waals surface area contributed by atoms with Gasteiger partial charge >= 0.3 is 0 Å². The van der Waals surface area contributed by atoms with Crippen molar-refractivity contribution in [2.75, 3.05) is 0 Å². The highest BCUT2D eigenvalue weighted by atomic mass is 16.1. The minimum atomic E-state index is -0.208. The molecule has 0 saturated carbocycles. The highest BCUT2D eigenvalue weighted by molar-refractivity contribution is 5.79. The van der Waals surface area contributed by atoms with Crippen LogP contribution in [0.15, 0.2) is 53.3 Å². The predicted molar refractivity (Wildman–Crippen MR) is 140 cm³/mol. The maximum atomic E-state index is 13.1. The first-order valence-electron chi connectivity index (χ1n) is 12.4. The summed E-state index contributed by atoms with van der Waals surface area (Å²) in [5.41, 5.74) is 4.88. The molecular formula is C28H36N6O. The normalized spacial score (nSPS) is 13.0. The molecular weight excluding hydrogens is 436 g/mol. The van der Waals surface area contributed by atoms with Crippen molar-refractivity contribution in [2.24, 2.45) is 0 Å². The third kappa shape index (κ3) is 5.35. The number of aromatic nitrogens is 5. The van der Waals surface area contributed by atoms with Gasteiger partial charge in [0.1, 0.15) is 0 Å². The molecule has 0 spiro atoms. The number of hydrogen-bond acceptors (Lipinski definition) is 5.